The van der Waals surface area contributed by atoms with Crippen molar-refractivity contribution < 1.29 is 39.4 Å². The highest BCUT2D eigenvalue weighted by atomic mass is 35.5. The topological polar surface area (TPSA) is 62.8 Å². The van der Waals surface area contributed by atoms with E-state index in [9.17, 15) is 0 Å². The summed E-state index contributed by atoms with van der Waals surface area (Å²) >= 11 is 6.27. The second-order valence-electron chi connectivity index (χ2n) is 5.00. The van der Waals surface area contributed by atoms with Crippen LogP contribution in [0.25, 0.3) is 0 Å². The van der Waals surface area contributed by atoms with Gasteiger partial charge in [-0.05, 0) is 38.5 Å². The molecule has 0 saturated carbocycles. The maximum atomic E-state index is 9.14. The molecule has 0 aliphatic rings. The maximum Gasteiger partial charge on any atom is 0.179 e. The molecule has 8 heteroatoms. The van der Waals surface area contributed by atoms with Crippen LogP contribution >= 0.6 is 11.6 Å². The fourth-order valence-electron chi connectivity index (χ4n) is 1.99. The average molecular weight is 402 g/mol. The van der Waals surface area contributed by atoms with Crippen molar-refractivity contribution in [2.75, 3.05) is 32.8 Å². The molecule has 1 atom stereocenters. The second-order valence-corrected chi connectivity index (χ2v) is 5.41. The summed E-state index contributed by atoms with van der Waals surface area (Å²) < 4.78 is 11.1. The second kappa shape index (κ2) is 14.9. The monoisotopic (exact) mass is 400 g/mol. The van der Waals surface area contributed by atoms with Gasteiger partial charge in [-0.15, -0.1) is 0 Å². The zero-order valence-electron chi connectivity index (χ0n) is 14.4. The maximum absolute atomic E-state index is 9.14. The SMILES string of the molecule is CCOc1cc(CNCCNCC(C)O)cc(Cl)c1OCC.[Cl-].[Cl-]. The Morgan fingerprint density at radius 2 is 1.71 bits per heavy atom. The van der Waals surface area contributed by atoms with Crippen LogP contribution in [0.15, 0.2) is 12.1 Å². The Hall–Kier alpha value is -0.430. The molecule has 0 bridgehead atoms. The van der Waals surface area contributed by atoms with Gasteiger partial charge in [0.15, 0.2) is 11.5 Å². The molecule has 142 valence electrons. The first-order valence-electron chi connectivity index (χ1n) is 7.76. The van der Waals surface area contributed by atoms with Gasteiger partial charge in [-0.3, -0.25) is 0 Å². The van der Waals surface area contributed by atoms with Crippen LogP contribution in [-0.4, -0.2) is 44.1 Å². The number of halogens is 3. The molecule has 0 radical (unpaired) electrons. The summed E-state index contributed by atoms with van der Waals surface area (Å²) in [6.45, 7) is 9.63. The Morgan fingerprint density at radius 3 is 2.29 bits per heavy atom. The Kier molecular flexibility index (Phi) is 16.0. The van der Waals surface area contributed by atoms with Gasteiger partial charge in [-0.2, -0.15) is 0 Å². The first kappa shape index (κ1) is 25.8. The van der Waals surface area contributed by atoms with Crippen LogP contribution in [0, 0.1) is 0 Å². The zero-order chi connectivity index (χ0) is 16.4. The van der Waals surface area contributed by atoms with Crippen LogP contribution in [0.2, 0.25) is 5.02 Å². The highest BCUT2D eigenvalue weighted by Gasteiger charge is 2.12. The summed E-state index contributed by atoms with van der Waals surface area (Å²) in [5.74, 6) is 1.29. The van der Waals surface area contributed by atoms with Gasteiger partial charge in [-0.25, -0.2) is 0 Å². The third kappa shape index (κ3) is 9.77. The Balaban J connectivity index is 0. The van der Waals surface area contributed by atoms with Gasteiger partial charge in [0.1, 0.15) is 0 Å². The number of aliphatic hydroxyl groups is 1. The summed E-state index contributed by atoms with van der Waals surface area (Å²) in [7, 11) is 0. The van der Waals surface area contributed by atoms with Crippen molar-refractivity contribution in [2.24, 2.45) is 0 Å². The molecular weight excluding hydrogens is 375 g/mol. The lowest BCUT2D eigenvalue weighted by atomic mass is 10.2. The average Bonchev–Trinajstić information content (AvgIpc) is 2.46. The van der Waals surface area contributed by atoms with E-state index in [0.29, 0.717) is 42.8 Å². The van der Waals surface area contributed by atoms with Crippen LogP contribution in [-0.2, 0) is 6.54 Å². The fraction of sp³-hybridized carbons (Fsp3) is 0.625. The third-order valence-corrected chi connectivity index (χ3v) is 3.19. The Labute approximate surface area is 162 Å². The van der Waals surface area contributed by atoms with Crippen LogP contribution < -0.4 is 44.9 Å². The molecule has 1 unspecified atom stereocenters. The van der Waals surface area contributed by atoms with Crippen molar-refractivity contribution in [2.45, 2.75) is 33.4 Å². The van der Waals surface area contributed by atoms with Crippen molar-refractivity contribution in [1.29, 1.82) is 0 Å². The van der Waals surface area contributed by atoms with Gasteiger partial charge in [0.25, 0.3) is 0 Å². The number of rotatable bonds is 11. The molecule has 1 aromatic rings. The molecule has 24 heavy (non-hydrogen) atoms. The van der Waals surface area contributed by atoms with E-state index in [0.717, 1.165) is 18.7 Å². The number of hydrogen-bond acceptors (Lipinski definition) is 5. The van der Waals surface area contributed by atoms with Crippen LogP contribution in [0.5, 0.6) is 11.5 Å². The first-order valence-corrected chi connectivity index (χ1v) is 8.13. The van der Waals surface area contributed by atoms with Crippen molar-refractivity contribution in [3.63, 3.8) is 0 Å². The molecule has 0 aromatic heterocycles. The minimum Gasteiger partial charge on any atom is -1.00 e. The van der Waals surface area contributed by atoms with Gasteiger partial charge in [0.05, 0.1) is 24.3 Å². The van der Waals surface area contributed by atoms with Gasteiger partial charge in [0, 0.05) is 26.2 Å². The van der Waals surface area contributed by atoms with Crippen molar-refractivity contribution >= 4 is 11.6 Å². The lowest BCUT2D eigenvalue weighted by Crippen LogP contribution is -3.00. The quantitative estimate of drug-likeness (QED) is 0.332. The molecule has 1 rings (SSSR count). The summed E-state index contributed by atoms with van der Waals surface area (Å²) in [6, 6.07) is 3.85. The van der Waals surface area contributed by atoms with Gasteiger partial charge in [0.2, 0.25) is 0 Å². The molecule has 0 saturated heterocycles. The first-order chi connectivity index (χ1) is 10.6. The summed E-state index contributed by atoms with van der Waals surface area (Å²) in [5, 5.41) is 16.2. The largest absolute Gasteiger partial charge is 1.00 e. The van der Waals surface area contributed by atoms with Gasteiger partial charge >= 0.3 is 0 Å². The molecule has 0 heterocycles. The number of aliphatic hydroxyl groups excluding tert-OH is 1. The van der Waals surface area contributed by atoms with Crippen LogP contribution in [0.4, 0.5) is 0 Å². The highest BCUT2D eigenvalue weighted by Crippen LogP contribution is 2.36. The minimum atomic E-state index is -0.321. The molecular formula is C16H27Cl3N2O3-2. The number of ether oxygens (including phenoxy) is 2. The van der Waals surface area contributed by atoms with E-state index < -0.39 is 0 Å². The van der Waals surface area contributed by atoms with E-state index in [1.165, 1.54) is 0 Å². The van der Waals surface area contributed by atoms with E-state index in [2.05, 4.69) is 10.6 Å². The summed E-state index contributed by atoms with van der Waals surface area (Å²) in [5.41, 5.74) is 1.05. The van der Waals surface area contributed by atoms with E-state index in [1.807, 2.05) is 26.0 Å². The van der Waals surface area contributed by atoms with Crippen LogP contribution in [0.1, 0.15) is 26.3 Å². The van der Waals surface area contributed by atoms with Gasteiger partial charge in [-0.1, -0.05) is 11.6 Å². The van der Waals surface area contributed by atoms with Crippen molar-refractivity contribution in [1.82, 2.24) is 10.6 Å². The third-order valence-electron chi connectivity index (χ3n) is 2.91. The standard InChI is InChI=1S/C16H27ClN2O3.2ClH/c1-4-21-15-9-13(8-14(17)16(15)22-5-2)11-19-7-6-18-10-12(3)20;;/h8-9,12,18-20H,4-7,10-11H2,1-3H3;2*1H/p-2. The summed E-state index contributed by atoms with van der Waals surface area (Å²) in [4.78, 5) is 0. The van der Waals surface area contributed by atoms with E-state index >= 15 is 0 Å². The molecule has 0 fully saturated rings. The van der Waals surface area contributed by atoms with E-state index in [1.54, 1.807) is 6.92 Å². The predicted octanol–water partition coefficient (Wildman–Crippen LogP) is -3.79. The Bertz CT molecular complexity index is 449. The molecule has 1 aromatic carbocycles. The van der Waals surface area contributed by atoms with Gasteiger partial charge < -0.3 is 50.0 Å². The Morgan fingerprint density at radius 1 is 1.08 bits per heavy atom. The number of benzene rings is 1. The van der Waals surface area contributed by atoms with E-state index in [4.69, 9.17) is 26.2 Å². The number of nitrogens with one attached hydrogen (secondary N) is 2. The van der Waals surface area contributed by atoms with Crippen molar-refractivity contribution in [3.8, 4) is 11.5 Å². The van der Waals surface area contributed by atoms with Crippen LogP contribution in [0.3, 0.4) is 0 Å². The number of hydrogen-bond donors (Lipinski definition) is 3. The fourth-order valence-corrected chi connectivity index (χ4v) is 2.28. The zero-order valence-corrected chi connectivity index (χ0v) is 16.6. The predicted molar refractivity (Wildman–Crippen MR) is 90.0 cm³/mol. The molecule has 0 amide bonds. The van der Waals surface area contributed by atoms with Crippen molar-refractivity contribution in [3.05, 3.63) is 22.7 Å². The summed E-state index contributed by atoms with van der Waals surface area (Å²) in [6.07, 6.45) is -0.321. The minimum absolute atomic E-state index is 0. The molecule has 5 nitrogen and oxygen atoms in total. The molecule has 0 spiro atoms. The van der Waals surface area contributed by atoms with E-state index in [-0.39, 0.29) is 30.9 Å². The lowest BCUT2D eigenvalue weighted by molar-refractivity contribution is -0.001000. The molecule has 0 aliphatic carbocycles. The smallest absolute Gasteiger partial charge is 0.179 e. The highest BCUT2D eigenvalue weighted by molar-refractivity contribution is 6.32. The molecule has 0 aliphatic heterocycles. The molecule has 3 N–H and O–H groups in total. The normalized spacial score (nSPS) is 11.2. The lowest BCUT2D eigenvalue weighted by Gasteiger charge is -2.15.